The summed E-state index contributed by atoms with van der Waals surface area (Å²) in [6, 6.07) is 7.75. The topological polar surface area (TPSA) is 77.2 Å². The summed E-state index contributed by atoms with van der Waals surface area (Å²) in [4.78, 5) is 15.7. The molecular formula is C20H15F4N3O2. The Kier molecular flexibility index (Phi) is 5.67. The second-order valence-corrected chi connectivity index (χ2v) is 6.03. The molecule has 2 aromatic carbocycles. The highest BCUT2D eigenvalue weighted by Gasteiger charge is 2.20. The lowest BCUT2D eigenvalue weighted by atomic mass is 10.1. The van der Waals surface area contributed by atoms with E-state index in [0.29, 0.717) is 0 Å². The van der Waals surface area contributed by atoms with Crippen LogP contribution in [-0.4, -0.2) is 18.1 Å². The number of nitrogens with one attached hydrogen (secondary N) is 1. The number of nitrogens with zero attached hydrogens (tertiary/aromatic N) is 1. The molecule has 0 aliphatic carbocycles. The zero-order valence-corrected chi connectivity index (χ0v) is 15.1. The molecule has 3 N–H and O–H groups in total. The van der Waals surface area contributed by atoms with Gasteiger partial charge in [-0.2, -0.15) is 0 Å². The van der Waals surface area contributed by atoms with E-state index in [1.54, 1.807) is 0 Å². The quantitative estimate of drug-likeness (QED) is 0.489. The molecule has 0 bridgehead atoms. The molecule has 0 fully saturated rings. The highest BCUT2D eigenvalue weighted by Crippen LogP contribution is 2.27. The molecule has 0 amide bonds. The Balaban J connectivity index is 1.91. The molecule has 1 aromatic heterocycles. The number of esters is 1. The number of hydrogen-bond donors (Lipinski definition) is 2. The summed E-state index contributed by atoms with van der Waals surface area (Å²) in [6.07, 6.45) is 0. The molecule has 5 nitrogen and oxygen atoms in total. The molecule has 1 heterocycles. The molecule has 0 radical (unpaired) electrons. The number of carbonyl (C=O) groups excluding carboxylic acids is 1. The monoisotopic (exact) mass is 405 g/mol. The molecule has 0 unspecified atom stereocenters. The van der Waals surface area contributed by atoms with Crippen LogP contribution in [0.15, 0.2) is 42.5 Å². The van der Waals surface area contributed by atoms with Gasteiger partial charge in [0.25, 0.3) is 0 Å². The lowest BCUT2D eigenvalue weighted by molar-refractivity contribution is 0.0590. The number of aromatic nitrogens is 1. The molecule has 0 saturated carbocycles. The van der Waals surface area contributed by atoms with E-state index >= 15 is 0 Å². The molecule has 29 heavy (non-hydrogen) atoms. The van der Waals surface area contributed by atoms with Gasteiger partial charge in [-0.3, -0.25) is 0 Å². The number of methoxy groups -OCH3 is 1. The molecule has 150 valence electrons. The van der Waals surface area contributed by atoms with Crippen molar-refractivity contribution in [1.29, 1.82) is 0 Å². The van der Waals surface area contributed by atoms with Crippen molar-refractivity contribution in [2.45, 2.75) is 6.54 Å². The SMILES string of the molecule is COC(=O)c1c(F)cc(-c2ccc(N)c(NCc3cc(F)ccc3F)n2)cc1F. The first-order chi connectivity index (χ1) is 13.8. The minimum Gasteiger partial charge on any atom is -0.465 e. The summed E-state index contributed by atoms with van der Waals surface area (Å²) in [5.41, 5.74) is 5.47. The zero-order chi connectivity index (χ0) is 21.1. The summed E-state index contributed by atoms with van der Waals surface area (Å²) in [5, 5.41) is 2.77. The van der Waals surface area contributed by atoms with Crippen LogP contribution < -0.4 is 11.1 Å². The van der Waals surface area contributed by atoms with Crippen molar-refractivity contribution in [2.75, 3.05) is 18.2 Å². The summed E-state index contributed by atoms with van der Waals surface area (Å²) in [5.74, 6) is -4.46. The fourth-order valence-corrected chi connectivity index (χ4v) is 2.65. The minimum atomic E-state index is -1.14. The number of pyridine rings is 1. The maximum Gasteiger partial charge on any atom is 0.343 e. The number of anilines is 2. The van der Waals surface area contributed by atoms with Crippen molar-refractivity contribution in [3.05, 3.63) is 76.9 Å². The lowest BCUT2D eigenvalue weighted by Crippen LogP contribution is -2.09. The summed E-state index contributed by atoms with van der Waals surface area (Å²) in [6.45, 7) is -0.117. The van der Waals surface area contributed by atoms with Gasteiger partial charge in [0.2, 0.25) is 0 Å². The van der Waals surface area contributed by atoms with Crippen LogP contribution in [0.3, 0.4) is 0 Å². The van der Waals surface area contributed by atoms with Gasteiger partial charge in [-0.1, -0.05) is 0 Å². The van der Waals surface area contributed by atoms with Crippen LogP contribution in [0, 0.1) is 23.3 Å². The Morgan fingerprint density at radius 3 is 2.38 bits per heavy atom. The standard InChI is InChI=1S/C20H15F4N3O2/c1-29-20(28)18-14(23)7-10(8-15(18)24)17-5-4-16(25)19(27-17)26-9-11-6-12(21)2-3-13(11)22/h2-8H,9,25H2,1H3,(H,26,27). The number of nitrogens with two attached hydrogens (primary N) is 1. The third-order valence-electron chi connectivity index (χ3n) is 4.11. The Bertz CT molecular complexity index is 1070. The van der Waals surface area contributed by atoms with Gasteiger partial charge < -0.3 is 15.8 Å². The fraction of sp³-hybridized carbons (Fsp3) is 0.100. The van der Waals surface area contributed by atoms with Gasteiger partial charge in [-0.25, -0.2) is 27.3 Å². The van der Waals surface area contributed by atoms with E-state index in [9.17, 15) is 22.4 Å². The molecule has 3 aromatic rings. The Labute approximate surface area is 163 Å². The second-order valence-electron chi connectivity index (χ2n) is 6.03. The van der Waals surface area contributed by atoms with E-state index in [1.807, 2.05) is 0 Å². The lowest BCUT2D eigenvalue weighted by Gasteiger charge is -2.12. The third kappa shape index (κ3) is 4.29. The molecule has 0 saturated heterocycles. The van der Waals surface area contributed by atoms with Crippen molar-refractivity contribution in [2.24, 2.45) is 0 Å². The number of halogens is 4. The van der Waals surface area contributed by atoms with Crippen LogP contribution in [-0.2, 0) is 11.3 Å². The predicted molar refractivity (Wildman–Crippen MR) is 99.0 cm³/mol. The Hall–Kier alpha value is -3.62. The van der Waals surface area contributed by atoms with Gasteiger partial charge in [0.05, 0.1) is 18.5 Å². The average molecular weight is 405 g/mol. The van der Waals surface area contributed by atoms with Gasteiger partial charge >= 0.3 is 5.97 Å². The first kappa shape index (κ1) is 20.1. The third-order valence-corrected chi connectivity index (χ3v) is 4.11. The zero-order valence-electron chi connectivity index (χ0n) is 15.1. The van der Waals surface area contributed by atoms with Gasteiger partial charge in [-0.15, -0.1) is 0 Å². The van der Waals surface area contributed by atoms with Crippen molar-refractivity contribution >= 4 is 17.5 Å². The molecule has 3 rings (SSSR count). The van der Waals surface area contributed by atoms with Crippen LogP contribution in [0.1, 0.15) is 15.9 Å². The van der Waals surface area contributed by atoms with Crippen LogP contribution in [0.2, 0.25) is 0 Å². The van der Waals surface area contributed by atoms with E-state index < -0.39 is 34.8 Å². The summed E-state index contributed by atoms with van der Waals surface area (Å²) >= 11 is 0. The molecule has 0 atom stereocenters. The van der Waals surface area contributed by atoms with Crippen molar-refractivity contribution in [3.8, 4) is 11.3 Å². The normalized spacial score (nSPS) is 10.7. The maximum absolute atomic E-state index is 14.2. The second kappa shape index (κ2) is 8.17. The first-order valence-corrected chi connectivity index (χ1v) is 8.32. The van der Waals surface area contributed by atoms with E-state index in [-0.39, 0.29) is 34.9 Å². The predicted octanol–water partition coefficient (Wildman–Crippen LogP) is 4.29. The number of benzene rings is 2. The molecule has 0 aliphatic heterocycles. The number of ether oxygens (including phenoxy) is 1. The fourth-order valence-electron chi connectivity index (χ4n) is 2.65. The van der Waals surface area contributed by atoms with E-state index in [2.05, 4.69) is 15.0 Å². The molecule has 0 aliphatic rings. The minimum absolute atomic E-state index is 0.0487. The summed E-state index contributed by atoms with van der Waals surface area (Å²) < 4.78 is 59.8. The number of hydrogen-bond acceptors (Lipinski definition) is 5. The average Bonchev–Trinajstić information content (AvgIpc) is 2.68. The molecular weight excluding hydrogens is 390 g/mol. The first-order valence-electron chi connectivity index (χ1n) is 8.32. The van der Waals surface area contributed by atoms with Crippen LogP contribution in [0.4, 0.5) is 29.1 Å². The van der Waals surface area contributed by atoms with Crippen LogP contribution in [0.25, 0.3) is 11.3 Å². The largest absolute Gasteiger partial charge is 0.465 e. The highest BCUT2D eigenvalue weighted by molar-refractivity contribution is 5.90. The van der Waals surface area contributed by atoms with Gasteiger partial charge in [0, 0.05) is 17.7 Å². The Morgan fingerprint density at radius 2 is 1.72 bits per heavy atom. The van der Waals surface area contributed by atoms with Crippen LogP contribution in [0.5, 0.6) is 0 Å². The number of carbonyl (C=O) groups is 1. The van der Waals surface area contributed by atoms with Gasteiger partial charge in [0.15, 0.2) is 0 Å². The number of nitrogen functional groups attached to an aromatic ring is 1. The van der Waals surface area contributed by atoms with Crippen LogP contribution >= 0.6 is 0 Å². The van der Waals surface area contributed by atoms with E-state index in [0.717, 1.165) is 37.4 Å². The van der Waals surface area contributed by atoms with Crippen molar-refractivity contribution in [3.63, 3.8) is 0 Å². The van der Waals surface area contributed by atoms with Crippen molar-refractivity contribution in [1.82, 2.24) is 4.98 Å². The van der Waals surface area contributed by atoms with Crippen molar-refractivity contribution < 1.29 is 27.1 Å². The smallest absolute Gasteiger partial charge is 0.343 e. The summed E-state index contributed by atoms with van der Waals surface area (Å²) in [7, 11) is 1.01. The molecule has 0 spiro atoms. The maximum atomic E-state index is 14.2. The highest BCUT2D eigenvalue weighted by atomic mass is 19.1. The molecule has 9 heteroatoms. The van der Waals surface area contributed by atoms with E-state index in [1.165, 1.54) is 12.1 Å². The Morgan fingerprint density at radius 1 is 1.03 bits per heavy atom. The number of rotatable bonds is 5. The van der Waals surface area contributed by atoms with Gasteiger partial charge in [-0.05, 0) is 42.5 Å². The van der Waals surface area contributed by atoms with Gasteiger partial charge in [0.1, 0.15) is 34.7 Å². The van der Waals surface area contributed by atoms with E-state index in [4.69, 9.17) is 5.73 Å².